The van der Waals surface area contributed by atoms with E-state index in [-0.39, 0.29) is 6.29 Å². The molecule has 9 atom stereocenters. The standard InChI is InChI=1S/C12H22O11/c13-1-4(16)10(21)12(22,6(17)3-15)11-9(20)8(19)7(18)5(2-14)23-11/h3-11,13-14,16-22H,1-2H2/t4-,5-,6+,7+,8+,9-,10-,11?,12-/m1/s1. The van der Waals surface area contributed by atoms with Crippen molar-refractivity contribution in [2.75, 3.05) is 13.2 Å². The van der Waals surface area contributed by atoms with Crippen molar-refractivity contribution < 1.29 is 55.5 Å². The number of aldehydes is 1. The van der Waals surface area contributed by atoms with Crippen LogP contribution in [0, 0.1) is 0 Å². The Kier molecular flexibility index (Phi) is 6.97. The molecular weight excluding hydrogens is 320 g/mol. The van der Waals surface area contributed by atoms with Gasteiger partial charge in [0, 0.05) is 0 Å². The van der Waals surface area contributed by atoms with Gasteiger partial charge in [0.15, 0.2) is 11.9 Å². The number of hydrogen-bond donors (Lipinski definition) is 9. The lowest BCUT2D eigenvalue weighted by Crippen LogP contribution is -2.73. The zero-order chi connectivity index (χ0) is 17.9. The molecule has 0 aromatic carbocycles. The van der Waals surface area contributed by atoms with Gasteiger partial charge in [-0.25, -0.2) is 0 Å². The molecule has 1 heterocycles. The Morgan fingerprint density at radius 2 is 1.61 bits per heavy atom. The molecule has 136 valence electrons. The van der Waals surface area contributed by atoms with Gasteiger partial charge in [0.05, 0.1) is 13.2 Å². The number of rotatable bonds is 7. The predicted octanol–water partition coefficient (Wildman–Crippen LogP) is -6.17. The van der Waals surface area contributed by atoms with Crippen LogP contribution in [0.5, 0.6) is 0 Å². The van der Waals surface area contributed by atoms with Gasteiger partial charge in [-0.15, -0.1) is 0 Å². The minimum Gasteiger partial charge on any atom is -0.394 e. The molecule has 0 saturated carbocycles. The van der Waals surface area contributed by atoms with Crippen LogP contribution in [0.15, 0.2) is 0 Å². The fourth-order valence-electron chi connectivity index (χ4n) is 2.51. The molecule has 1 unspecified atom stereocenters. The highest BCUT2D eigenvalue weighted by Gasteiger charge is 2.59. The third-order valence-corrected chi connectivity index (χ3v) is 3.98. The van der Waals surface area contributed by atoms with Gasteiger partial charge in [-0.2, -0.15) is 0 Å². The van der Waals surface area contributed by atoms with E-state index in [1.165, 1.54) is 0 Å². The van der Waals surface area contributed by atoms with Gasteiger partial charge in [-0.1, -0.05) is 0 Å². The average Bonchev–Trinajstić information content (AvgIpc) is 2.56. The lowest BCUT2D eigenvalue weighted by atomic mass is 9.76. The summed E-state index contributed by atoms with van der Waals surface area (Å²) in [5, 5.41) is 86.9. The van der Waals surface area contributed by atoms with Crippen LogP contribution >= 0.6 is 0 Å². The third kappa shape index (κ3) is 3.53. The fraction of sp³-hybridized carbons (Fsp3) is 0.917. The van der Waals surface area contributed by atoms with Crippen LogP contribution in [0.25, 0.3) is 0 Å². The van der Waals surface area contributed by atoms with Gasteiger partial charge in [0.25, 0.3) is 0 Å². The fourth-order valence-corrected chi connectivity index (χ4v) is 2.51. The molecule has 1 aliphatic rings. The van der Waals surface area contributed by atoms with Gasteiger partial charge in [0.2, 0.25) is 0 Å². The van der Waals surface area contributed by atoms with Crippen molar-refractivity contribution in [2.45, 2.75) is 54.4 Å². The lowest BCUT2D eigenvalue weighted by molar-refractivity contribution is -0.305. The molecule has 0 spiro atoms. The summed E-state index contributed by atoms with van der Waals surface area (Å²) in [6, 6.07) is 0. The van der Waals surface area contributed by atoms with Crippen molar-refractivity contribution in [3.8, 4) is 0 Å². The van der Waals surface area contributed by atoms with Gasteiger partial charge in [0.1, 0.15) is 48.8 Å². The first-order valence-corrected chi connectivity index (χ1v) is 6.79. The summed E-state index contributed by atoms with van der Waals surface area (Å²) in [6.45, 7) is -1.92. The summed E-state index contributed by atoms with van der Waals surface area (Å²) >= 11 is 0. The van der Waals surface area contributed by atoms with Crippen molar-refractivity contribution in [3.05, 3.63) is 0 Å². The van der Waals surface area contributed by atoms with E-state index < -0.39 is 67.6 Å². The first-order valence-electron chi connectivity index (χ1n) is 6.79. The van der Waals surface area contributed by atoms with E-state index in [1.54, 1.807) is 0 Å². The summed E-state index contributed by atoms with van der Waals surface area (Å²) in [7, 11) is 0. The molecule has 23 heavy (non-hydrogen) atoms. The molecule has 0 aromatic heterocycles. The Bertz CT molecular complexity index is 391. The minimum absolute atomic E-state index is 0.214. The summed E-state index contributed by atoms with van der Waals surface area (Å²) in [5.74, 6) is 0. The summed E-state index contributed by atoms with van der Waals surface area (Å²) in [6.07, 6.45) is -16.4. The van der Waals surface area contributed by atoms with Gasteiger partial charge in [-0.05, 0) is 0 Å². The van der Waals surface area contributed by atoms with Crippen molar-refractivity contribution in [1.82, 2.24) is 0 Å². The number of hydrogen-bond acceptors (Lipinski definition) is 11. The molecule has 1 rings (SSSR count). The maximum atomic E-state index is 10.8. The lowest BCUT2D eigenvalue weighted by Gasteiger charge is -2.49. The van der Waals surface area contributed by atoms with Crippen molar-refractivity contribution in [2.24, 2.45) is 0 Å². The molecule has 11 nitrogen and oxygen atoms in total. The molecule has 11 heteroatoms. The van der Waals surface area contributed by atoms with E-state index in [0.29, 0.717) is 0 Å². The normalized spacial score (nSPS) is 38.4. The van der Waals surface area contributed by atoms with Gasteiger partial charge < -0.3 is 55.5 Å². The molecule has 9 N–H and O–H groups in total. The first-order chi connectivity index (χ1) is 10.7. The highest BCUT2D eigenvalue weighted by molar-refractivity contribution is 5.59. The SMILES string of the molecule is O=C[C@H](O)[C@](O)(C1O[C@H](CO)[C@H](O)[C@H](O)[C@H]1O)[C@H](O)[C@H](O)CO. The van der Waals surface area contributed by atoms with E-state index in [0.717, 1.165) is 0 Å². The monoisotopic (exact) mass is 342 g/mol. The zero-order valence-corrected chi connectivity index (χ0v) is 12.0. The number of carbonyl (C=O) groups excluding carboxylic acids is 1. The Labute approximate surface area is 130 Å². The summed E-state index contributed by atoms with van der Waals surface area (Å²) < 4.78 is 5.00. The van der Waals surface area contributed by atoms with Crippen LogP contribution in [0.4, 0.5) is 0 Å². The second-order valence-electron chi connectivity index (χ2n) is 5.41. The van der Waals surface area contributed by atoms with Crippen LogP contribution in [0.3, 0.4) is 0 Å². The topological polar surface area (TPSA) is 208 Å². The Morgan fingerprint density at radius 1 is 1.04 bits per heavy atom. The average molecular weight is 342 g/mol. The number of aliphatic hydroxyl groups is 9. The molecule has 0 bridgehead atoms. The minimum atomic E-state index is -3.04. The maximum absolute atomic E-state index is 10.8. The Balaban J connectivity index is 3.27. The van der Waals surface area contributed by atoms with E-state index >= 15 is 0 Å². The quantitative estimate of drug-likeness (QED) is 0.199. The molecule has 0 aromatic rings. The van der Waals surface area contributed by atoms with Crippen molar-refractivity contribution in [1.29, 1.82) is 0 Å². The molecule has 0 aliphatic carbocycles. The molecule has 1 aliphatic heterocycles. The van der Waals surface area contributed by atoms with E-state index in [4.69, 9.17) is 14.9 Å². The van der Waals surface area contributed by atoms with Crippen LogP contribution in [0.2, 0.25) is 0 Å². The second-order valence-corrected chi connectivity index (χ2v) is 5.41. The van der Waals surface area contributed by atoms with Crippen LogP contribution in [-0.2, 0) is 9.53 Å². The van der Waals surface area contributed by atoms with E-state index in [1.807, 2.05) is 0 Å². The molecule has 0 radical (unpaired) electrons. The van der Waals surface area contributed by atoms with Gasteiger partial charge >= 0.3 is 0 Å². The molecule has 1 saturated heterocycles. The number of ether oxygens (including phenoxy) is 1. The van der Waals surface area contributed by atoms with Crippen LogP contribution in [-0.4, -0.2) is 120 Å². The zero-order valence-electron chi connectivity index (χ0n) is 12.0. The smallest absolute Gasteiger partial charge is 0.154 e. The van der Waals surface area contributed by atoms with Gasteiger partial charge in [-0.3, -0.25) is 0 Å². The second kappa shape index (κ2) is 7.90. The van der Waals surface area contributed by atoms with E-state index in [2.05, 4.69) is 0 Å². The Hall–Kier alpha value is -0.730. The molecule has 0 amide bonds. The number of aliphatic hydroxyl groups excluding tert-OH is 8. The third-order valence-electron chi connectivity index (χ3n) is 3.98. The van der Waals surface area contributed by atoms with E-state index in [9.17, 15) is 40.5 Å². The summed E-state index contributed by atoms with van der Waals surface area (Å²) in [5.41, 5.74) is -3.04. The largest absolute Gasteiger partial charge is 0.394 e. The predicted molar refractivity (Wildman–Crippen MR) is 69.9 cm³/mol. The Morgan fingerprint density at radius 3 is 2.04 bits per heavy atom. The van der Waals surface area contributed by atoms with Crippen LogP contribution < -0.4 is 0 Å². The van der Waals surface area contributed by atoms with Crippen molar-refractivity contribution >= 4 is 6.29 Å². The van der Waals surface area contributed by atoms with Crippen molar-refractivity contribution in [3.63, 3.8) is 0 Å². The number of carbonyl (C=O) groups is 1. The summed E-state index contributed by atoms with van der Waals surface area (Å²) in [4.78, 5) is 10.8. The highest BCUT2D eigenvalue weighted by Crippen LogP contribution is 2.33. The molecule has 1 fully saturated rings. The maximum Gasteiger partial charge on any atom is 0.154 e. The first kappa shape index (κ1) is 20.3. The highest BCUT2D eigenvalue weighted by atomic mass is 16.6. The molecular formula is C12H22O11. The van der Waals surface area contributed by atoms with Crippen LogP contribution in [0.1, 0.15) is 0 Å².